The molecule has 1 saturated heterocycles. The molecule has 1 aliphatic heterocycles. The zero-order chi connectivity index (χ0) is 24.6. The number of aromatic nitrogens is 1. The summed E-state index contributed by atoms with van der Waals surface area (Å²) in [6, 6.07) is 17.1. The summed E-state index contributed by atoms with van der Waals surface area (Å²) in [4.78, 5) is 32.4. The molecule has 174 valence electrons. The minimum absolute atomic E-state index is 0.00947. The second-order valence-electron chi connectivity index (χ2n) is 9.43. The van der Waals surface area contributed by atoms with Gasteiger partial charge in [0, 0.05) is 23.0 Å². The molecule has 1 N–H and O–H groups in total. The molecular weight excluding hydrogens is 428 g/mol. The minimum Gasteiger partial charge on any atom is -0.507 e. The van der Waals surface area contributed by atoms with Crippen molar-refractivity contribution < 1.29 is 19.4 Å². The van der Waals surface area contributed by atoms with E-state index in [0.29, 0.717) is 22.7 Å². The first kappa shape index (κ1) is 23.2. The second-order valence-corrected chi connectivity index (χ2v) is 9.43. The third-order valence-corrected chi connectivity index (χ3v) is 5.97. The number of hydrogen-bond donors (Lipinski definition) is 1. The molecule has 0 bridgehead atoms. The van der Waals surface area contributed by atoms with Crippen molar-refractivity contribution >= 4 is 23.1 Å². The van der Waals surface area contributed by atoms with Crippen LogP contribution in [0.2, 0.25) is 0 Å². The molecule has 34 heavy (non-hydrogen) atoms. The number of Topliss-reactive ketones (excluding diaryl/α,β-unsaturated/α-hetero) is 1. The first-order valence-corrected chi connectivity index (χ1v) is 11.1. The van der Waals surface area contributed by atoms with Gasteiger partial charge in [-0.3, -0.25) is 19.5 Å². The molecule has 6 nitrogen and oxygen atoms in total. The summed E-state index contributed by atoms with van der Waals surface area (Å²) < 4.78 is 5.51. The number of anilines is 1. The summed E-state index contributed by atoms with van der Waals surface area (Å²) in [5.41, 5.74) is 3.07. The smallest absolute Gasteiger partial charge is 0.300 e. The SMILES string of the molecule is COc1ccc(/C(O)=C2/C(=O)C(=O)N(c3cccc(C)c3)C2c2ccccn2)cc1C(C)(C)C. The number of carbonyl (C=O) groups is 2. The standard InChI is InChI=1S/C28H28N2O4/c1-17-9-8-10-19(15-17)30-24(21-11-6-7-14-29-21)23(26(32)27(30)33)25(31)18-12-13-22(34-5)20(16-18)28(2,3)4/h6-16,24,31H,1-5H3/b25-23-. The van der Waals surface area contributed by atoms with Crippen molar-refractivity contribution in [1.29, 1.82) is 0 Å². The van der Waals surface area contributed by atoms with Crippen LogP contribution in [0.4, 0.5) is 5.69 Å². The highest BCUT2D eigenvalue weighted by Gasteiger charge is 2.47. The van der Waals surface area contributed by atoms with Crippen LogP contribution in [0.1, 0.15) is 49.2 Å². The van der Waals surface area contributed by atoms with E-state index < -0.39 is 17.7 Å². The van der Waals surface area contributed by atoms with Crippen LogP contribution in [0.3, 0.4) is 0 Å². The molecule has 1 aliphatic rings. The van der Waals surface area contributed by atoms with Gasteiger partial charge in [-0.15, -0.1) is 0 Å². The van der Waals surface area contributed by atoms with Crippen LogP contribution in [0.5, 0.6) is 5.75 Å². The molecule has 1 aromatic heterocycles. The van der Waals surface area contributed by atoms with Crippen LogP contribution in [0.15, 0.2) is 72.4 Å². The molecule has 2 aromatic carbocycles. The quantitative estimate of drug-likeness (QED) is 0.326. The van der Waals surface area contributed by atoms with Gasteiger partial charge in [-0.1, -0.05) is 39.0 Å². The first-order chi connectivity index (χ1) is 16.1. The van der Waals surface area contributed by atoms with Gasteiger partial charge < -0.3 is 9.84 Å². The number of aryl methyl sites for hydroxylation is 1. The van der Waals surface area contributed by atoms with Crippen LogP contribution >= 0.6 is 0 Å². The molecule has 0 radical (unpaired) electrons. The van der Waals surface area contributed by atoms with Gasteiger partial charge in [0.25, 0.3) is 11.7 Å². The maximum absolute atomic E-state index is 13.3. The Balaban J connectivity index is 1.95. The summed E-state index contributed by atoms with van der Waals surface area (Å²) in [6.45, 7) is 8.04. The van der Waals surface area contributed by atoms with E-state index in [1.54, 1.807) is 49.7 Å². The van der Waals surface area contributed by atoms with Crippen molar-refractivity contribution in [3.8, 4) is 5.75 Å². The lowest BCUT2D eigenvalue weighted by atomic mass is 9.84. The molecule has 0 aliphatic carbocycles. The van der Waals surface area contributed by atoms with Gasteiger partial charge in [-0.2, -0.15) is 0 Å². The molecule has 1 amide bonds. The number of aliphatic hydroxyl groups excluding tert-OH is 1. The Hall–Kier alpha value is -3.93. The van der Waals surface area contributed by atoms with Crippen LogP contribution in [0.25, 0.3) is 5.76 Å². The summed E-state index contributed by atoms with van der Waals surface area (Å²) in [5, 5.41) is 11.4. The topological polar surface area (TPSA) is 79.7 Å². The fraction of sp³-hybridized carbons (Fsp3) is 0.250. The highest BCUT2D eigenvalue weighted by Crippen LogP contribution is 2.42. The first-order valence-electron chi connectivity index (χ1n) is 11.1. The number of rotatable bonds is 4. The minimum atomic E-state index is -0.858. The Kier molecular flexibility index (Phi) is 6.00. The molecule has 3 aromatic rings. The van der Waals surface area contributed by atoms with Crippen LogP contribution in [-0.4, -0.2) is 28.9 Å². The van der Waals surface area contributed by atoms with Crippen molar-refractivity contribution in [3.63, 3.8) is 0 Å². The Bertz CT molecular complexity index is 1290. The third kappa shape index (κ3) is 4.07. The molecule has 1 atom stereocenters. The molecule has 6 heteroatoms. The van der Waals surface area contributed by atoms with Crippen molar-refractivity contribution in [2.75, 3.05) is 12.0 Å². The monoisotopic (exact) mass is 456 g/mol. The molecule has 1 fully saturated rings. The van der Waals surface area contributed by atoms with E-state index >= 15 is 0 Å². The maximum Gasteiger partial charge on any atom is 0.300 e. The van der Waals surface area contributed by atoms with Gasteiger partial charge in [-0.05, 0) is 60.4 Å². The second kappa shape index (κ2) is 8.78. The van der Waals surface area contributed by atoms with E-state index in [0.717, 1.165) is 11.1 Å². The van der Waals surface area contributed by atoms with Gasteiger partial charge >= 0.3 is 0 Å². The number of methoxy groups -OCH3 is 1. The van der Waals surface area contributed by atoms with Gasteiger partial charge in [0.2, 0.25) is 0 Å². The molecule has 0 spiro atoms. The van der Waals surface area contributed by atoms with Crippen LogP contribution in [0, 0.1) is 6.92 Å². The van der Waals surface area contributed by atoms with E-state index in [1.165, 1.54) is 4.90 Å². The molecule has 4 rings (SSSR count). The normalized spacial score (nSPS) is 17.8. The van der Waals surface area contributed by atoms with Gasteiger partial charge in [-0.25, -0.2) is 0 Å². The van der Waals surface area contributed by atoms with Crippen LogP contribution in [-0.2, 0) is 15.0 Å². The molecule has 2 heterocycles. The molecular formula is C28H28N2O4. The number of benzene rings is 2. The number of amides is 1. The third-order valence-electron chi connectivity index (χ3n) is 5.97. The highest BCUT2D eigenvalue weighted by molar-refractivity contribution is 6.51. The van der Waals surface area contributed by atoms with E-state index in [2.05, 4.69) is 4.98 Å². The van der Waals surface area contributed by atoms with E-state index in [9.17, 15) is 14.7 Å². The van der Waals surface area contributed by atoms with Crippen LogP contribution < -0.4 is 9.64 Å². The van der Waals surface area contributed by atoms with Gasteiger partial charge in [0.1, 0.15) is 17.6 Å². The summed E-state index contributed by atoms with van der Waals surface area (Å²) in [7, 11) is 1.60. The summed E-state index contributed by atoms with van der Waals surface area (Å²) >= 11 is 0. The fourth-order valence-electron chi connectivity index (χ4n) is 4.29. The Morgan fingerprint density at radius 3 is 2.41 bits per heavy atom. The highest BCUT2D eigenvalue weighted by atomic mass is 16.5. The lowest BCUT2D eigenvalue weighted by molar-refractivity contribution is -0.132. The van der Waals surface area contributed by atoms with Gasteiger partial charge in [0.05, 0.1) is 18.4 Å². The predicted molar refractivity (Wildman–Crippen MR) is 132 cm³/mol. The number of ketones is 1. The molecule has 0 saturated carbocycles. The number of aliphatic hydroxyl groups is 1. The zero-order valence-electron chi connectivity index (χ0n) is 20.0. The summed E-state index contributed by atoms with van der Waals surface area (Å²) in [6.07, 6.45) is 1.61. The number of nitrogens with zero attached hydrogens (tertiary/aromatic N) is 2. The van der Waals surface area contributed by atoms with E-state index in [-0.39, 0.29) is 16.7 Å². The number of ether oxygens (including phenoxy) is 1. The molecule has 1 unspecified atom stereocenters. The summed E-state index contributed by atoms with van der Waals surface area (Å²) in [5.74, 6) is -1.00. The van der Waals surface area contributed by atoms with Crippen molar-refractivity contribution in [1.82, 2.24) is 4.98 Å². The van der Waals surface area contributed by atoms with Crippen molar-refractivity contribution in [2.24, 2.45) is 0 Å². The number of carbonyl (C=O) groups excluding carboxylic acids is 2. The zero-order valence-corrected chi connectivity index (χ0v) is 20.0. The lowest BCUT2D eigenvalue weighted by Gasteiger charge is -2.25. The Morgan fingerprint density at radius 2 is 1.79 bits per heavy atom. The Morgan fingerprint density at radius 1 is 1.03 bits per heavy atom. The van der Waals surface area contributed by atoms with Crippen molar-refractivity contribution in [2.45, 2.75) is 39.2 Å². The number of pyridine rings is 1. The van der Waals surface area contributed by atoms with Crippen molar-refractivity contribution in [3.05, 3.63) is 94.8 Å². The predicted octanol–water partition coefficient (Wildman–Crippen LogP) is 5.32. The van der Waals surface area contributed by atoms with Gasteiger partial charge in [0.15, 0.2) is 0 Å². The lowest BCUT2D eigenvalue weighted by Crippen LogP contribution is -2.29. The largest absolute Gasteiger partial charge is 0.507 e. The fourth-order valence-corrected chi connectivity index (χ4v) is 4.29. The average molecular weight is 457 g/mol. The van der Waals surface area contributed by atoms with E-state index in [4.69, 9.17) is 4.74 Å². The maximum atomic E-state index is 13.3. The van der Waals surface area contributed by atoms with E-state index in [1.807, 2.05) is 52.0 Å². The number of hydrogen-bond acceptors (Lipinski definition) is 5. The Labute approximate surface area is 199 Å². The average Bonchev–Trinajstić information content (AvgIpc) is 3.08.